The van der Waals surface area contributed by atoms with E-state index in [0.717, 1.165) is 36.4 Å². The molecule has 3 rings (SSSR count). The maximum absolute atomic E-state index is 12.4. The summed E-state index contributed by atoms with van der Waals surface area (Å²) in [5, 5.41) is 0. The molecule has 1 aromatic rings. The minimum atomic E-state index is -2.84. The van der Waals surface area contributed by atoms with Crippen LogP contribution in [0.5, 0.6) is 5.75 Å². The molecule has 0 bridgehead atoms. The fraction of sp³-hybridized carbons (Fsp3) is 0.611. The van der Waals surface area contributed by atoms with Gasteiger partial charge in [0.05, 0.1) is 31.9 Å². The van der Waals surface area contributed by atoms with Crippen LogP contribution in [-0.4, -0.2) is 69.6 Å². The number of nitrogens with one attached hydrogen (secondary N) is 1. The van der Waals surface area contributed by atoms with Crippen molar-refractivity contribution >= 4 is 15.7 Å². The summed E-state index contributed by atoms with van der Waals surface area (Å²) in [7, 11) is -2.84. The Labute approximate surface area is 149 Å². The van der Waals surface area contributed by atoms with Gasteiger partial charge in [0.15, 0.2) is 16.4 Å². The van der Waals surface area contributed by atoms with E-state index in [1.807, 2.05) is 36.9 Å². The molecular weight excluding hydrogens is 340 g/mol. The molecule has 0 radical (unpaired) electrons. The van der Waals surface area contributed by atoms with Crippen LogP contribution in [-0.2, 0) is 14.6 Å². The van der Waals surface area contributed by atoms with Crippen LogP contribution in [0.3, 0.4) is 0 Å². The molecule has 1 aromatic carbocycles. The molecule has 2 heterocycles. The van der Waals surface area contributed by atoms with Crippen molar-refractivity contribution in [1.82, 2.24) is 4.90 Å². The summed E-state index contributed by atoms with van der Waals surface area (Å²) in [5.41, 5.74) is 2.06. The number of hydrogen-bond acceptors (Lipinski definition) is 4. The summed E-state index contributed by atoms with van der Waals surface area (Å²) in [5.74, 6) is 1.40. The van der Waals surface area contributed by atoms with Crippen molar-refractivity contribution in [2.75, 3.05) is 44.3 Å². The van der Waals surface area contributed by atoms with Gasteiger partial charge >= 0.3 is 0 Å². The van der Waals surface area contributed by atoms with Crippen molar-refractivity contribution in [3.8, 4) is 5.75 Å². The van der Waals surface area contributed by atoms with Crippen molar-refractivity contribution in [3.63, 3.8) is 0 Å². The fourth-order valence-electron chi connectivity index (χ4n) is 3.82. The molecule has 0 aliphatic carbocycles. The van der Waals surface area contributed by atoms with E-state index < -0.39 is 9.84 Å². The molecule has 138 valence electrons. The number of rotatable bonds is 4. The Bertz CT molecular complexity index is 719. The van der Waals surface area contributed by atoms with Crippen molar-refractivity contribution in [2.24, 2.45) is 0 Å². The number of benzene rings is 1. The lowest BCUT2D eigenvalue weighted by Gasteiger charge is -2.35. The van der Waals surface area contributed by atoms with Gasteiger partial charge in [-0.05, 0) is 25.0 Å². The molecule has 2 aliphatic rings. The molecular formula is C18H27N2O4S+. The summed E-state index contributed by atoms with van der Waals surface area (Å²) < 4.78 is 29.0. The van der Waals surface area contributed by atoms with Crippen LogP contribution >= 0.6 is 0 Å². The Balaban J connectivity index is 1.49. The summed E-state index contributed by atoms with van der Waals surface area (Å²) in [6.07, 6.45) is 0.751. The van der Waals surface area contributed by atoms with Gasteiger partial charge in [-0.15, -0.1) is 0 Å². The van der Waals surface area contributed by atoms with E-state index in [0.29, 0.717) is 24.6 Å². The SMILES string of the molecule is Cc1cccc(C)c1OCC(=O)N1CC[NH+]([C@@H]2CCS(=O)(=O)C2)CC1. The Morgan fingerprint density at radius 2 is 1.88 bits per heavy atom. The van der Waals surface area contributed by atoms with E-state index in [1.165, 1.54) is 4.90 Å². The zero-order valence-corrected chi connectivity index (χ0v) is 15.8. The molecule has 0 aromatic heterocycles. The lowest BCUT2D eigenvalue weighted by atomic mass is 10.1. The number of quaternary nitrogens is 1. The molecule has 2 aliphatic heterocycles. The third kappa shape index (κ3) is 4.33. The highest BCUT2D eigenvalue weighted by Gasteiger charge is 2.37. The molecule has 6 nitrogen and oxygen atoms in total. The normalized spacial score (nSPS) is 23.6. The van der Waals surface area contributed by atoms with Crippen LogP contribution in [0.2, 0.25) is 0 Å². The Hall–Kier alpha value is -1.60. The van der Waals surface area contributed by atoms with Gasteiger partial charge in [-0.2, -0.15) is 0 Å². The van der Waals surface area contributed by atoms with E-state index in [2.05, 4.69) is 0 Å². The highest BCUT2D eigenvalue weighted by Crippen LogP contribution is 2.22. The Kier molecular flexibility index (Phi) is 5.34. The first-order valence-electron chi connectivity index (χ1n) is 8.87. The molecule has 0 spiro atoms. The predicted octanol–water partition coefficient (Wildman–Crippen LogP) is -0.404. The topological polar surface area (TPSA) is 68.1 Å². The Morgan fingerprint density at radius 3 is 2.44 bits per heavy atom. The highest BCUT2D eigenvalue weighted by atomic mass is 32.2. The molecule has 1 amide bonds. The lowest BCUT2D eigenvalue weighted by Crippen LogP contribution is -3.18. The molecule has 0 unspecified atom stereocenters. The highest BCUT2D eigenvalue weighted by molar-refractivity contribution is 7.91. The molecule has 2 saturated heterocycles. The molecule has 7 heteroatoms. The van der Waals surface area contributed by atoms with Gasteiger partial charge in [-0.1, -0.05) is 18.2 Å². The number of para-hydroxylation sites is 1. The van der Waals surface area contributed by atoms with Crippen LogP contribution < -0.4 is 9.64 Å². The number of carbonyl (C=O) groups excluding carboxylic acids is 1. The Morgan fingerprint density at radius 1 is 1.24 bits per heavy atom. The average Bonchev–Trinajstić information content (AvgIpc) is 2.94. The molecule has 25 heavy (non-hydrogen) atoms. The van der Waals surface area contributed by atoms with Crippen molar-refractivity contribution in [2.45, 2.75) is 26.3 Å². The number of piperazine rings is 1. The summed E-state index contributed by atoms with van der Waals surface area (Å²) in [4.78, 5) is 15.6. The number of sulfone groups is 1. The quantitative estimate of drug-likeness (QED) is 0.786. The van der Waals surface area contributed by atoms with Crippen LogP contribution in [0.4, 0.5) is 0 Å². The lowest BCUT2D eigenvalue weighted by molar-refractivity contribution is -0.925. The first kappa shape index (κ1) is 18.2. The van der Waals surface area contributed by atoms with E-state index in [4.69, 9.17) is 4.74 Å². The minimum absolute atomic E-state index is 0.000691. The van der Waals surface area contributed by atoms with Crippen LogP contribution in [0, 0.1) is 13.8 Å². The van der Waals surface area contributed by atoms with Gasteiger partial charge in [0.25, 0.3) is 5.91 Å². The standard InChI is InChI=1S/C18H26N2O4S/c1-14-4-3-5-15(2)18(14)24-12-17(21)20-9-7-19(8-10-20)16-6-11-25(22,23)13-16/h3-5,16H,6-13H2,1-2H3/p+1/t16-/m1/s1. The minimum Gasteiger partial charge on any atom is -0.483 e. The zero-order chi connectivity index (χ0) is 18.0. The van der Waals surface area contributed by atoms with E-state index in [-0.39, 0.29) is 18.6 Å². The zero-order valence-electron chi connectivity index (χ0n) is 15.0. The molecule has 0 saturated carbocycles. The largest absolute Gasteiger partial charge is 0.483 e. The number of nitrogens with zero attached hydrogens (tertiary/aromatic N) is 1. The van der Waals surface area contributed by atoms with Crippen LogP contribution in [0.15, 0.2) is 18.2 Å². The number of aryl methyl sites for hydroxylation is 2. The van der Waals surface area contributed by atoms with Crippen molar-refractivity contribution in [1.29, 1.82) is 0 Å². The second kappa shape index (κ2) is 7.33. The third-order valence-electron chi connectivity index (χ3n) is 5.32. The summed E-state index contributed by atoms with van der Waals surface area (Å²) in [6, 6.07) is 6.13. The van der Waals surface area contributed by atoms with Gasteiger partial charge in [0.2, 0.25) is 0 Å². The fourth-order valence-corrected chi connectivity index (χ4v) is 5.65. The number of hydrogen-bond donors (Lipinski definition) is 1. The first-order valence-corrected chi connectivity index (χ1v) is 10.7. The summed E-state index contributed by atoms with van der Waals surface area (Å²) >= 11 is 0. The van der Waals surface area contributed by atoms with Gasteiger partial charge in [0.1, 0.15) is 17.5 Å². The van der Waals surface area contributed by atoms with E-state index >= 15 is 0 Å². The van der Waals surface area contributed by atoms with Crippen molar-refractivity contribution < 1.29 is 22.8 Å². The van der Waals surface area contributed by atoms with Gasteiger partial charge < -0.3 is 14.5 Å². The average molecular weight is 367 g/mol. The van der Waals surface area contributed by atoms with Gasteiger partial charge in [-0.25, -0.2) is 8.42 Å². The van der Waals surface area contributed by atoms with Crippen molar-refractivity contribution in [3.05, 3.63) is 29.3 Å². The number of ether oxygens (including phenoxy) is 1. The number of carbonyl (C=O) groups is 1. The predicted molar refractivity (Wildman–Crippen MR) is 95.7 cm³/mol. The smallest absolute Gasteiger partial charge is 0.260 e. The summed E-state index contributed by atoms with van der Waals surface area (Å²) in [6.45, 7) is 6.97. The molecule has 1 atom stereocenters. The van der Waals surface area contributed by atoms with Gasteiger partial charge in [-0.3, -0.25) is 4.79 Å². The van der Waals surface area contributed by atoms with Crippen LogP contribution in [0.1, 0.15) is 17.5 Å². The van der Waals surface area contributed by atoms with Gasteiger partial charge in [0, 0.05) is 6.42 Å². The molecule has 1 N–H and O–H groups in total. The second-order valence-electron chi connectivity index (χ2n) is 7.15. The maximum Gasteiger partial charge on any atom is 0.260 e. The number of amides is 1. The maximum atomic E-state index is 12.4. The van der Waals surface area contributed by atoms with E-state index in [1.54, 1.807) is 0 Å². The first-order chi connectivity index (χ1) is 11.9. The van der Waals surface area contributed by atoms with E-state index in [9.17, 15) is 13.2 Å². The third-order valence-corrected chi connectivity index (χ3v) is 7.08. The molecule has 2 fully saturated rings. The second-order valence-corrected chi connectivity index (χ2v) is 9.38. The monoisotopic (exact) mass is 367 g/mol. The van der Waals surface area contributed by atoms with Crippen LogP contribution in [0.25, 0.3) is 0 Å².